The molecule has 0 atom stereocenters. The van der Waals surface area contributed by atoms with E-state index < -0.39 is 6.09 Å². The maximum absolute atomic E-state index is 11.9. The third-order valence-corrected chi connectivity index (χ3v) is 3.19. The Kier molecular flexibility index (Phi) is 12.7. The summed E-state index contributed by atoms with van der Waals surface area (Å²) >= 11 is 0. The zero-order valence-corrected chi connectivity index (χ0v) is 15.9. The van der Waals surface area contributed by atoms with Crippen LogP contribution >= 0.6 is 0 Å². The highest BCUT2D eigenvalue weighted by molar-refractivity contribution is 5.67. The van der Waals surface area contributed by atoms with E-state index in [-0.39, 0.29) is 13.0 Å². The Balaban J connectivity index is 0.00000301. The molecule has 5 heteroatoms. The molecule has 0 fully saturated rings. The number of para-hydroxylation sites is 1. The number of nitrogens with zero attached hydrogens (tertiary/aromatic N) is 2. The predicted molar refractivity (Wildman–Crippen MR) is 105 cm³/mol. The fraction of sp³-hybridized carbons (Fsp3) is 0.333. The van der Waals surface area contributed by atoms with E-state index >= 15 is 0 Å². The lowest BCUT2D eigenvalue weighted by Gasteiger charge is -2.18. The third kappa shape index (κ3) is 8.74. The third-order valence-electron chi connectivity index (χ3n) is 3.19. The monoisotopic (exact) mass is 356 g/mol. The molecule has 1 aromatic rings. The van der Waals surface area contributed by atoms with E-state index in [9.17, 15) is 4.79 Å². The molecule has 0 bridgehead atoms. The quantitative estimate of drug-likeness (QED) is 0.610. The SMILES string of the molecule is C=C/C=C(\C=C)COC(=O)N(C)CCOc1ccccc1CC#N.CC. The van der Waals surface area contributed by atoms with Crippen LogP contribution in [0.5, 0.6) is 5.75 Å². The molecule has 1 aromatic carbocycles. The molecular formula is C21H28N2O3. The number of hydrogen-bond donors (Lipinski definition) is 0. The van der Waals surface area contributed by atoms with Gasteiger partial charge < -0.3 is 14.4 Å². The first-order valence-electron chi connectivity index (χ1n) is 8.52. The van der Waals surface area contributed by atoms with Crippen LogP contribution in [0.1, 0.15) is 19.4 Å². The summed E-state index contributed by atoms with van der Waals surface area (Å²) in [6.45, 7) is 12.1. The van der Waals surface area contributed by atoms with Gasteiger partial charge in [0.05, 0.1) is 19.0 Å². The number of ether oxygens (including phenoxy) is 2. The Morgan fingerprint density at radius 3 is 2.62 bits per heavy atom. The van der Waals surface area contributed by atoms with Gasteiger partial charge in [-0.05, 0) is 11.6 Å². The van der Waals surface area contributed by atoms with Crippen LogP contribution in [-0.4, -0.2) is 37.8 Å². The summed E-state index contributed by atoms with van der Waals surface area (Å²) in [5.74, 6) is 0.656. The lowest BCUT2D eigenvalue weighted by molar-refractivity contribution is 0.114. The molecule has 0 aliphatic carbocycles. The van der Waals surface area contributed by atoms with Crippen molar-refractivity contribution in [3.8, 4) is 11.8 Å². The molecule has 0 N–H and O–H groups in total. The van der Waals surface area contributed by atoms with Crippen molar-refractivity contribution in [3.63, 3.8) is 0 Å². The van der Waals surface area contributed by atoms with Crippen molar-refractivity contribution in [2.75, 3.05) is 26.8 Å². The minimum absolute atomic E-state index is 0.143. The Labute approximate surface area is 156 Å². The fourth-order valence-electron chi connectivity index (χ4n) is 1.84. The highest BCUT2D eigenvalue weighted by Gasteiger charge is 2.11. The number of carbonyl (C=O) groups is 1. The van der Waals surface area contributed by atoms with Gasteiger partial charge in [-0.2, -0.15) is 5.26 Å². The average Bonchev–Trinajstić information content (AvgIpc) is 2.67. The minimum atomic E-state index is -0.444. The summed E-state index contributed by atoms with van der Waals surface area (Å²) in [4.78, 5) is 13.3. The Hall–Kier alpha value is -3.00. The van der Waals surface area contributed by atoms with Crippen LogP contribution < -0.4 is 4.74 Å². The second-order valence-electron chi connectivity index (χ2n) is 4.95. The summed E-state index contributed by atoms with van der Waals surface area (Å²) in [7, 11) is 1.64. The van der Waals surface area contributed by atoms with E-state index in [2.05, 4.69) is 19.2 Å². The molecule has 26 heavy (non-hydrogen) atoms. The summed E-state index contributed by atoms with van der Waals surface area (Å²) in [5.41, 5.74) is 1.60. The van der Waals surface area contributed by atoms with Crippen molar-refractivity contribution in [1.29, 1.82) is 5.26 Å². The zero-order valence-electron chi connectivity index (χ0n) is 15.9. The van der Waals surface area contributed by atoms with Crippen LogP contribution in [0.3, 0.4) is 0 Å². The second-order valence-corrected chi connectivity index (χ2v) is 4.95. The lowest BCUT2D eigenvalue weighted by Crippen LogP contribution is -2.31. The number of nitriles is 1. The van der Waals surface area contributed by atoms with E-state index in [1.165, 1.54) is 4.90 Å². The molecule has 0 saturated carbocycles. The van der Waals surface area contributed by atoms with Crippen LogP contribution in [0.4, 0.5) is 4.79 Å². The molecule has 5 nitrogen and oxygen atoms in total. The molecule has 1 rings (SSSR count). The number of benzene rings is 1. The van der Waals surface area contributed by atoms with E-state index in [1.54, 1.807) is 31.3 Å². The topological polar surface area (TPSA) is 62.6 Å². The average molecular weight is 356 g/mol. The highest BCUT2D eigenvalue weighted by atomic mass is 16.6. The first-order valence-corrected chi connectivity index (χ1v) is 8.52. The fourth-order valence-corrected chi connectivity index (χ4v) is 1.84. The van der Waals surface area contributed by atoms with Gasteiger partial charge in [0.2, 0.25) is 0 Å². The Morgan fingerprint density at radius 2 is 2.00 bits per heavy atom. The van der Waals surface area contributed by atoms with E-state index in [4.69, 9.17) is 14.7 Å². The van der Waals surface area contributed by atoms with Crippen molar-refractivity contribution in [1.82, 2.24) is 4.90 Å². The normalized spacial score (nSPS) is 9.85. The van der Waals surface area contributed by atoms with Gasteiger partial charge in [0.25, 0.3) is 0 Å². The van der Waals surface area contributed by atoms with Gasteiger partial charge in [0.1, 0.15) is 19.0 Å². The molecule has 140 valence electrons. The van der Waals surface area contributed by atoms with Gasteiger partial charge in [-0.25, -0.2) is 4.79 Å². The molecule has 0 unspecified atom stereocenters. The maximum atomic E-state index is 11.9. The van der Waals surface area contributed by atoms with Gasteiger partial charge >= 0.3 is 6.09 Å². The Bertz CT molecular complexity index is 645. The second kappa shape index (κ2) is 14.4. The molecule has 0 radical (unpaired) electrons. The summed E-state index contributed by atoms with van der Waals surface area (Å²) < 4.78 is 10.8. The predicted octanol–water partition coefficient (Wildman–Crippen LogP) is 4.52. The van der Waals surface area contributed by atoms with Crippen LogP contribution in [0, 0.1) is 11.3 Å². The summed E-state index contributed by atoms with van der Waals surface area (Å²) in [6, 6.07) is 9.46. The lowest BCUT2D eigenvalue weighted by atomic mass is 10.1. The maximum Gasteiger partial charge on any atom is 0.409 e. The van der Waals surface area contributed by atoms with Gasteiger partial charge in [0, 0.05) is 12.6 Å². The standard InChI is InChI=1S/C19H22N2O3.C2H6/c1-4-8-16(5-2)15-24-19(22)21(3)13-14-23-18-10-7-6-9-17(18)11-12-20;1-2/h4-10H,1-2,11,13-15H2,3H3;1-2H3/b16-8+;. The van der Waals surface area contributed by atoms with Crippen LogP contribution in [0.15, 0.2) is 61.2 Å². The van der Waals surface area contributed by atoms with Crippen LogP contribution in [0.2, 0.25) is 0 Å². The van der Waals surface area contributed by atoms with Crippen molar-refractivity contribution in [3.05, 3.63) is 66.8 Å². The number of amides is 1. The molecule has 0 aliphatic heterocycles. The number of hydrogen-bond acceptors (Lipinski definition) is 4. The number of rotatable bonds is 9. The molecule has 0 spiro atoms. The van der Waals surface area contributed by atoms with Crippen molar-refractivity contribution < 1.29 is 14.3 Å². The first kappa shape index (κ1) is 23.0. The van der Waals surface area contributed by atoms with Gasteiger partial charge in [-0.1, -0.05) is 63.4 Å². The van der Waals surface area contributed by atoms with E-state index in [0.29, 0.717) is 18.9 Å². The van der Waals surface area contributed by atoms with Crippen molar-refractivity contribution >= 4 is 6.09 Å². The molecule has 0 saturated heterocycles. The smallest absolute Gasteiger partial charge is 0.409 e. The molecule has 0 aliphatic rings. The van der Waals surface area contributed by atoms with Crippen molar-refractivity contribution in [2.24, 2.45) is 0 Å². The first-order chi connectivity index (χ1) is 12.6. The molecular weight excluding hydrogens is 328 g/mol. The Morgan fingerprint density at radius 1 is 1.31 bits per heavy atom. The van der Waals surface area contributed by atoms with Crippen LogP contribution in [0.25, 0.3) is 0 Å². The van der Waals surface area contributed by atoms with Crippen LogP contribution in [-0.2, 0) is 11.2 Å². The zero-order chi connectivity index (χ0) is 19.8. The van der Waals surface area contributed by atoms with Crippen molar-refractivity contribution in [2.45, 2.75) is 20.3 Å². The molecule has 1 amide bonds. The molecule has 0 aromatic heterocycles. The largest absolute Gasteiger partial charge is 0.491 e. The van der Waals surface area contributed by atoms with Gasteiger partial charge in [0.15, 0.2) is 0 Å². The highest BCUT2D eigenvalue weighted by Crippen LogP contribution is 2.18. The minimum Gasteiger partial charge on any atom is -0.491 e. The number of likely N-dealkylation sites (N-methyl/N-ethyl adjacent to an activating group) is 1. The van der Waals surface area contributed by atoms with Gasteiger partial charge in [-0.15, -0.1) is 0 Å². The van der Waals surface area contributed by atoms with E-state index in [0.717, 1.165) is 11.1 Å². The number of allylic oxidation sites excluding steroid dienone is 2. The summed E-state index contributed by atoms with van der Waals surface area (Å²) in [5, 5.41) is 8.80. The van der Waals surface area contributed by atoms with Gasteiger partial charge in [-0.3, -0.25) is 0 Å². The number of carbonyl (C=O) groups excluding carboxylic acids is 1. The molecule has 0 heterocycles. The summed E-state index contributed by atoms with van der Waals surface area (Å²) in [6.07, 6.45) is 4.80. The van der Waals surface area contributed by atoms with E-state index in [1.807, 2.05) is 32.0 Å².